The van der Waals surface area contributed by atoms with Crippen molar-refractivity contribution >= 4 is 11.6 Å². The van der Waals surface area contributed by atoms with Gasteiger partial charge in [-0.2, -0.15) is 0 Å². The first-order chi connectivity index (χ1) is 10.2. The minimum Gasteiger partial charge on any atom is -0.382 e. The lowest BCUT2D eigenvalue weighted by Crippen LogP contribution is -2.24. The molecule has 1 amide bonds. The summed E-state index contributed by atoms with van der Waals surface area (Å²) in [4.78, 5) is 16.3. The highest BCUT2D eigenvalue weighted by Gasteiger charge is 2.14. The fraction of sp³-hybridized carbons (Fsp3) is 0.250. The van der Waals surface area contributed by atoms with Gasteiger partial charge in [0.05, 0.1) is 23.5 Å². The lowest BCUT2D eigenvalue weighted by atomic mass is 10.1. The van der Waals surface area contributed by atoms with E-state index in [-0.39, 0.29) is 11.6 Å². The summed E-state index contributed by atoms with van der Waals surface area (Å²) in [6.07, 6.45) is 2.52. The maximum absolute atomic E-state index is 13.8. The molecule has 2 rings (SSSR count). The van der Waals surface area contributed by atoms with Crippen LogP contribution in [0.3, 0.4) is 0 Å². The van der Waals surface area contributed by atoms with Gasteiger partial charge in [-0.3, -0.25) is 9.78 Å². The smallest absolute Gasteiger partial charge is 0.253 e. The third kappa shape index (κ3) is 4.02. The lowest BCUT2D eigenvalue weighted by molar-refractivity contribution is 0.0951. The van der Waals surface area contributed by atoms with Gasteiger partial charge in [-0.15, -0.1) is 0 Å². The summed E-state index contributed by atoms with van der Waals surface area (Å²) in [7, 11) is 0. The molecule has 0 atom stereocenters. The van der Waals surface area contributed by atoms with Crippen molar-refractivity contribution in [3.8, 4) is 0 Å². The number of benzene rings is 1. The van der Waals surface area contributed by atoms with E-state index in [1.165, 1.54) is 12.1 Å². The Hall–Kier alpha value is -2.43. The van der Waals surface area contributed by atoms with Gasteiger partial charge < -0.3 is 10.6 Å². The number of amides is 1. The minimum atomic E-state index is -0.422. The average molecular weight is 287 g/mol. The van der Waals surface area contributed by atoms with Gasteiger partial charge in [0.25, 0.3) is 5.91 Å². The molecule has 0 spiro atoms. The molecule has 21 heavy (non-hydrogen) atoms. The Labute approximate surface area is 123 Å². The molecular weight excluding hydrogens is 269 g/mol. The number of halogens is 1. The van der Waals surface area contributed by atoms with Crippen molar-refractivity contribution in [2.24, 2.45) is 0 Å². The molecule has 0 saturated heterocycles. The molecule has 0 aliphatic heterocycles. The quantitative estimate of drug-likeness (QED) is 0.859. The third-order valence-corrected chi connectivity index (χ3v) is 2.97. The van der Waals surface area contributed by atoms with Gasteiger partial charge in [-0.05, 0) is 30.7 Å². The SMILES string of the molecule is CCCNc1c(F)cccc1C(=O)NCc1ccccn1. The van der Waals surface area contributed by atoms with Crippen LogP contribution in [-0.2, 0) is 6.54 Å². The minimum absolute atomic E-state index is 0.248. The van der Waals surface area contributed by atoms with Gasteiger partial charge in [0.2, 0.25) is 0 Å². The lowest BCUT2D eigenvalue weighted by Gasteiger charge is -2.12. The van der Waals surface area contributed by atoms with Crippen LogP contribution >= 0.6 is 0 Å². The van der Waals surface area contributed by atoms with Crippen LogP contribution in [0, 0.1) is 5.82 Å². The molecule has 110 valence electrons. The highest BCUT2D eigenvalue weighted by atomic mass is 19.1. The van der Waals surface area contributed by atoms with Crippen LogP contribution in [0.15, 0.2) is 42.6 Å². The maximum atomic E-state index is 13.8. The van der Waals surface area contributed by atoms with E-state index in [1.807, 2.05) is 25.1 Å². The van der Waals surface area contributed by atoms with E-state index in [2.05, 4.69) is 15.6 Å². The monoisotopic (exact) mass is 287 g/mol. The summed E-state index contributed by atoms with van der Waals surface area (Å²) in [5.74, 6) is -0.743. The topological polar surface area (TPSA) is 54.0 Å². The number of para-hydroxylation sites is 1. The van der Waals surface area contributed by atoms with E-state index in [9.17, 15) is 9.18 Å². The second-order valence-corrected chi connectivity index (χ2v) is 4.59. The molecule has 0 aliphatic carbocycles. The molecule has 1 aromatic heterocycles. The fourth-order valence-electron chi connectivity index (χ4n) is 1.91. The molecule has 1 heterocycles. The summed E-state index contributed by atoms with van der Waals surface area (Å²) < 4.78 is 13.8. The van der Waals surface area contributed by atoms with Crippen LogP contribution in [-0.4, -0.2) is 17.4 Å². The van der Waals surface area contributed by atoms with E-state index in [0.717, 1.165) is 12.1 Å². The summed E-state index contributed by atoms with van der Waals surface area (Å²) in [5, 5.41) is 5.71. The molecule has 0 fully saturated rings. The molecule has 0 aliphatic rings. The van der Waals surface area contributed by atoms with Crippen LogP contribution in [0.2, 0.25) is 0 Å². The largest absolute Gasteiger partial charge is 0.382 e. The molecular formula is C16H18FN3O. The average Bonchev–Trinajstić information content (AvgIpc) is 2.52. The summed E-state index contributed by atoms with van der Waals surface area (Å²) in [5.41, 5.74) is 1.31. The number of nitrogens with one attached hydrogen (secondary N) is 2. The first kappa shape index (κ1) is 15.0. The second kappa shape index (κ2) is 7.38. The van der Waals surface area contributed by atoms with Crippen molar-refractivity contribution in [3.63, 3.8) is 0 Å². The zero-order chi connectivity index (χ0) is 15.1. The number of carbonyl (C=O) groups excluding carboxylic acids is 1. The summed E-state index contributed by atoms with van der Waals surface area (Å²) >= 11 is 0. The Bertz CT molecular complexity index is 602. The second-order valence-electron chi connectivity index (χ2n) is 4.59. The Balaban J connectivity index is 2.09. The Morgan fingerprint density at radius 3 is 2.81 bits per heavy atom. The molecule has 0 saturated carbocycles. The van der Waals surface area contributed by atoms with Crippen LogP contribution in [0.4, 0.5) is 10.1 Å². The molecule has 0 bridgehead atoms. The van der Waals surface area contributed by atoms with Crippen LogP contribution < -0.4 is 10.6 Å². The van der Waals surface area contributed by atoms with Gasteiger partial charge >= 0.3 is 0 Å². The van der Waals surface area contributed by atoms with Crippen molar-refractivity contribution in [3.05, 3.63) is 59.7 Å². The summed E-state index contributed by atoms with van der Waals surface area (Å²) in [6, 6.07) is 9.96. The van der Waals surface area contributed by atoms with Crippen molar-refractivity contribution in [1.82, 2.24) is 10.3 Å². The van der Waals surface area contributed by atoms with E-state index in [0.29, 0.717) is 18.7 Å². The first-order valence-electron chi connectivity index (χ1n) is 6.93. The number of carbonyl (C=O) groups is 1. The van der Waals surface area contributed by atoms with Crippen LogP contribution in [0.1, 0.15) is 29.4 Å². The number of pyridine rings is 1. The molecule has 5 heteroatoms. The highest BCUT2D eigenvalue weighted by Crippen LogP contribution is 2.19. The van der Waals surface area contributed by atoms with Crippen molar-refractivity contribution in [2.75, 3.05) is 11.9 Å². The van der Waals surface area contributed by atoms with E-state index >= 15 is 0 Å². The van der Waals surface area contributed by atoms with Crippen molar-refractivity contribution in [1.29, 1.82) is 0 Å². The molecule has 2 N–H and O–H groups in total. The van der Waals surface area contributed by atoms with Gasteiger partial charge in [-0.1, -0.05) is 19.1 Å². The predicted molar refractivity (Wildman–Crippen MR) is 80.6 cm³/mol. The number of aromatic nitrogens is 1. The Morgan fingerprint density at radius 1 is 1.24 bits per heavy atom. The normalized spacial score (nSPS) is 10.2. The van der Waals surface area contributed by atoms with Gasteiger partial charge in [0.15, 0.2) is 0 Å². The number of rotatable bonds is 6. The third-order valence-electron chi connectivity index (χ3n) is 2.97. The zero-order valence-electron chi connectivity index (χ0n) is 11.9. The Morgan fingerprint density at radius 2 is 2.10 bits per heavy atom. The molecule has 1 aromatic carbocycles. The van der Waals surface area contributed by atoms with Crippen LogP contribution in [0.5, 0.6) is 0 Å². The number of nitrogens with zero attached hydrogens (tertiary/aromatic N) is 1. The summed E-state index contributed by atoms with van der Waals surface area (Å²) in [6.45, 7) is 2.90. The van der Waals surface area contributed by atoms with E-state index < -0.39 is 5.82 Å². The first-order valence-corrected chi connectivity index (χ1v) is 6.93. The zero-order valence-corrected chi connectivity index (χ0v) is 11.9. The van der Waals surface area contributed by atoms with E-state index in [4.69, 9.17) is 0 Å². The number of hydrogen-bond donors (Lipinski definition) is 2. The Kier molecular flexibility index (Phi) is 5.26. The number of anilines is 1. The maximum Gasteiger partial charge on any atom is 0.253 e. The molecule has 0 unspecified atom stereocenters. The van der Waals surface area contributed by atoms with Gasteiger partial charge in [-0.25, -0.2) is 4.39 Å². The molecule has 0 radical (unpaired) electrons. The van der Waals surface area contributed by atoms with Gasteiger partial charge in [0, 0.05) is 12.7 Å². The van der Waals surface area contributed by atoms with Crippen molar-refractivity contribution < 1.29 is 9.18 Å². The molecule has 4 nitrogen and oxygen atoms in total. The predicted octanol–water partition coefficient (Wildman–Crippen LogP) is 2.97. The number of hydrogen-bond acceptors (Lipinski definition) is 3. The van der Waals surface area contributed by atoms with Crippen molar-refractivity contribution in [2.45, 2.75) is 19.9 Å². The molecule has 2 aromatic rings. The standard InChI is InChI=1S/C16H18FN3O/c1-2-9-19-15-13(7-5-8-14(15)17)16(21)20-11-12-6-3-4-10-18-12/h3-8,10,19H,2,9,11H2,1H3,(H,20,21). The van der Waals surface area contributed by atoms with Crippen LogP contribution in [0.25, 0.3) is 0 Å². The fourth-order valence-corrected chi connectivity index (χ4v) is 1.91. The van der Waals surface area contributed by atoms with Gasteiger partial charge in [0.1, 0.15) is 5.82 Å². The highest BCUT2D eigenvalue weighted by molar-refractivity contribution is 5.99. The van der Waals surface area contributed by atoms with E-state index in [1.54, 1.807) is 12.3 Å².